The van der Waals surface area contributed by atoms with Crippen LogP contribution in [0.3, 0.4) is 0 Å². The molecule has 0 radical (unpaired) electrons. The van der Waals surface area contributed by atoms with Gasteiger partial charge >= 0.3 is 0 Å². The van der Waals surface area contributed by atoms with Crippen molar-refractivity contribution in [2.75, 3.05) is 25.5 Å². The molecular formula is C21H20N4O3. The Labute approximate surface area is 162 Å². The average molecular weight is 376 g/mol. The largest absolute Gasteiger partial charge is 0.357 e. The van der Waals surface area contributed by atoms with Crippen molar-refractivity contribution in [1.82, 2.24) is 14.8 Å². The van der Waals surface area contributed by atoms with Crippen LogP contribution in [-0.4, -0.2) is 52.6 Å². The van der Waals surface area contributed by atoms with Crippen LogP contribution >= 0.6 is 0 Å². The fourth-order valence-electron chi connectivity index (χ4n) is 3.58. The van der Waals surface area contributed by atoms with E-state index in [2.05, 4.69) is 10.3 Å². The predicted molar refractivity (Wildman–Crippen MR) is 104 cm³/mol. The highest BCUT2D eigenvalue weighted by atomic mass is 16.2. The van der Waals surface area contributed by atoms with E-state index in [1.165, 1.54) is 7.05 Å². The average Bonchev–Trinajstić information content (AvgIpc) is 2.94. The number of likely N-dealkylation sites (N-methyl/N-ethyl adjacent to an activating group) is 1. The molecule has 4 rings (SSSR count). The van der Waals surface area contributed by atoms with Crippen LogP contribution in [0.15, 0.2) is 59.9 Å². The zero-order valence-corrected chi connectivity index (χ0v) is 15.5. The van der Waals surface area contributed by atoms with E-state index in [0.717, 1.165) is 22.4 Å². The standard InChI is InChI=1S/C21H20N4O3/c1-24-20(27)16-8-5-11-25(19(16)21(24)28)13-18(26)23-17-10-9-15(12-22-17)14-6-3-2-4-7-14/h2-4,6-7,9-10,12H,5,8,11,13H2,1H3,(H,22,23,26). The van der Waals surface area contributed by atoms with Crippen molar-refractivity contribution in [3.8, 4) is 11.1 Å². The number of pyridine rings is 1. The first-order valence-electron chi connectivity index (χ1n) is 9.16. The van der Waals surface area contributed by atoms with Crippen LogP contribution < -0.4 is 5.32 Å². The molecule has 0 spiro atoms. The number of carbonyl (C=O) groups is 3. The molecule has 3 amide bonds. The van der Waals surface area contributed by atoms with Gasteiger partial charge in [0.1, 0.15) is 11.5 Å². The molecule has 2 aliphatic heterocycles. The third-order valence-corrected chi connectivity index (χ3v) is 5.00. The second-order valence-electron chi connectivity index (χ2n) is 6.87. The number of benzene rings is 1. The molecule has 142 valence electrons. The van der Waals surface area contributed by atoms with Gasteiger partial charge in [-0.05, 0) is 30.5 Å². The third-order valence-electron chi connectivity index (χ3n) is 5.00. The third kappa shape index (κ3) is 3.26. The van der Waals surface area contributed by atoms with Crippen LogP contribution in [0.4, 0.5) is 5.82 Å². The van der Waals surface area contributed by atoms with E-state index >= 15 is 0 Å². The summed E-state index contributed by atoms with van der Waals surface area (Å²) in [5, 5.41) is 2.76. The summed E-state index contributed by atoms with van der Waals surface area (Å²) in [6.07, 6.45) is 3.02. The van der Waals surface area contributed by atoms with Crippen molar-refractivity contribution in [3.63, 3.8) is 0 Å². The van der Waals surface area contributed by atoms with Gasteiger partial charge < -0.3 is 10.2 Å². The number of nitrogens with zero attached hydrogens (tertiary/aromatic N) is 3. The monoisotopic (exact) mass is 376 g/mol. The second kappa shape index (κ2) is 7.26. The molecule has 0 atom stereocenters. The molecule has 2 aromatic rings. The van der Waals surface area contributed by atoms with Gasteiger partial charge in [0.25, 0.3) is 11.8 Å². The summed E-state index contributed by atoms with van der Waals surface area (Å²) in [6, 6.07) is 13.5. The van der Waals surface area contributed by atoms with Crippen LogP contribution in [0.25, 0.3) is 11.1 Å². The quantitative estimate of drug-likeness (QED) is 0.826. The van der Waals surface area contributed by atoms with Gasteiger partial charge in [0.2, 0.25) is 5.91 Å². The minimum Gasteiger partial charge on any atom is -0.357 e. The highest BCUT2D eigenvalue weighted by molar-refractivity contribution is 6.19. The summed E-state index contributed by atoms with van der Waals surface area (Å²) in [5.41, 5.74) is 2.88. The topological polar surface area (TPSA) is 82.6 Å². The van der Waals surface area contributed by atoms with Crippen molar-refractivity contribution in [2.45, 2.75) is 12.8 Å². The van der Waals surface area contributed by atoms with Crippen molar-refractivity contribution in [3.05, 3.63) is 59.9 Å². The maximum Gasteiger partial charge on any atom is 0.277 e. The van der Waals surface area contributed by atoms with Crippen LogP contribution in [0, 0.1) is 0 Å². The summed E-state index contributed by atoms with van der Waals surface area (Å²) in [7, 11) is 1.47. The normalized spacial score (nSPS) is 16.5. The number of carbonyl (C=O) groups excluding carboxylic acids is 3. The van der Waals surface area contributed by atoms with E-state index < -0.39 is 0 Å². The van der Waals surface area contributed by atoms with E-state index in [1.807, 2.05) is 36.4 Å². The maximum absolute atomic E-state index is 12.5. The minimum atomic E-state index is -0.335. The number of amides is 3. The van der Waals surface area contributed by atoms with Crippen molar-refractivity contribution in [1.29, 1.82) is 0 Å². The first-order chi connectivity index (χ1) is 13.5. The van der Waals surface area contributed by atoms with Gasteiger partial charge in [-0.3, -0.25) is 19.3 Å². The summed E-state index contributed by atoms with van der Waals surface area (Å²) >= 11 is 0. The lowest BCUT2D eigenvalue weighted by Crippen LogP contribution is -2.38. The second-order valence-corrected chi connectivity index (χ2v) is 6.87. The Hall–Kier alpha value is -3.48. The lowest BCUT2D eigenvalue weighted by atomic mass is 10.0. The molecule has 0 saturated heterocycles. The molecule has 3 heterocycles. The van der Waals surface area contributed by atoms with Crippen LogP contribution in [0.2, 0.25) is 0 Å². The van der Waals surface area contributed by atoms with Gasteiger partial charge in [-0.2, -0.15) is 0 Å². The Morgan fingerprint density at radius 1 is 1.07 bits per heavy atom. The van der Waals surface area contributed by atoms with Gasteiger partial charge in [0, 0.05) is 30.9 Å². The number of hydrogen-bond donors (Lipinski definition) is 1. The van der Waals surface area contributed by atoms with E-state index in [4.69, 9.17) is 0 Å². The summed E-state index contributed by atoms with van der Waals surface area (Å²) in [6.45, 7) is 0.577. The van der Waals surface area contributed by atoms with Crippen molar-refractivity contribution in [2.24, 2.45) is 0 Å². The fourth-order valence-corrected chi connectivity index (χ4v) is 3.58. The lowest BCUT2D eigenvalue weighted by Gasteiger charge is -2.28. The highest BCUT2D eigenvalue weighted by Crippen LogP contribution is 2.30. The van der Waals surface area contributed by atoms with Crippen molar-refractivity contribution >= 4 is 23.5 Å². The molecule has 1 N–H and O–H groups in total. The highest BCUT2D eigenvalue weighted by Gasteiger charge is 2.40. The molecule has 1 aromatic carbocycles. The van der Waals surface area contributed by atoms with E-state index in [-0.39, 0.29) is 24.3 Å². The van der Waals surface area contributed by atoms with Gasteiger partial charge in [-0.15, -0.1) is 0 Å². The van der Waals surface area contributed by atoms with E-state index in [1.54, 1.807) is 17.2 Å². The van der Waals surface area contributed by atoms with Gasteiger partial charge in [0.15, 0.2) is 0 Å². The number of rotatable bonds is 4. The van der Waals surface area contributed by atoms with Gasteiger partial charge in [0.05, 0.1) is 6.54 Å². The summed E-state index contributed by atoms with van der Waals surface area (Å²) in [4.78, 5) is 44.0. The molecule has 0 fully saturated rings. The van der Waals surface area contributed by atoms with Gasteiger partial charge in [-0.1, -0.05) is 30.3 Å². The zero-order chi connectivity index (χ0) is 19.7. The Morgan fingerprint density at radius 2 is 1.86 bits per heavy atom. The lowest BCUT2D eigenvalue weighted by molar-refractivity contribution is -0.136. The maximum atomic E-state index is 12.5. The molecule has 0 aliphatic carbocycles. The molecule has 0 bridgehead atoms. The Bertz CT molecular complexity index is 967. The molecule has 0 unspecified atom stereocenters. The number of aromatic nitrogens is 1. The Kier molecular flexibility index (Phi) is 4.65. The number of nitrogens with one attached hydrogen (secondary N) is 1. The van der Waals surface area contributed by atoms with E-state index in [0.29, 0.717) is 30.1 Å². The molecule has 7 nitrogen and oxygen atoms in total. The number of hydrogen-bond acceptors (Lipinski definition) is 5. The molecule has 7 heteroatoms. The first-order valence-corrected chi connectivity index (χ1v) is 9.16. The van der Waals surface area contributed by atoms with Gasteiger partial charge in [-0.25, -0.2) is 4.98 Å². The molecule has 1 aromatic heterocycles. The SMILES string of the molecule is CN1C(=O)C2=C(C1=O)N(CC(=O)Nc1ccc(-c3ccccc3)cn1)CCC2. The molecule has 28 heavy (non-hydrogen) atoms. The molecule has 2 aliphatic rings. The Balaban J connectivity index is 1.43. The number of anilines is 1. The first kappa shape index (κ1) is 17.9. The fraction of sp³-hybridized carbons (Fsp3) is 0.238. The number of imide groups is 1. The minimum absolute atomic E-state index is 0.00775. The van der Waals surface area contributed by atoms with E-state index in [9.17, 15) is 14.4 Å². The van der Waals surface area contributed by atoms with Crippen LogP contribution in [0.5, 0.6) is 0 Å². The smallest absolute Gasteiger partial charge is 0.277 e. The Morgan fingerprint density at radius 3 is 2.57 bits per heavy atom. The van der Waals surface area contributed by atoms with Crippen LogP contribution in [-0.2, 0) is 14.4 Å². The summed E-state index contributed by atoms with van der Waals surface area (Å²) < 4.78 is 0. The molecule has 0 saturated carbocycles. The van der Waals surface area contributed by atoms with Crippen molar-refractivity contribution < 1.29 is 14.4 Å². The predicted octanol–water partition coefficient (Wildman–Crippen LogP) is 2.04. The zero-order valence-electron chi connectivity index (χ0n) is 15.5. The summed E-state index contributed by atoms with van der Waals surface area (Å²) in [5.74, 6) is -0.425. The molecular weight excluding hydrogens is 356 g/mol. The van der Waals surface area contributed by atoms with Crippen LogP contribution in [0.1, 0.15) is 12.8 Å².